The standard InChI is InChI=1S/C9H14BNO3/c1-7-5-4-6-8(14-10(12)13)9(7)11(2)3/h4-6,12-13H,1-3H3. The van der Waals surface area contributed by atoms with Crippen LogP contribution in [0.1, 0.15) is 5.56 Å². The Hall–Kier alpha value is -1.20. The molecule has 14 heavy (non-hydrogen) atoms. The van der Waals surface area contributed by atoms with Crippen molar-refractivity contribution in [1.82, 2.24) is 0 Å². The fourth-order valence-electron chi connectivity index (χ4n) is 1.41. The number of para-hydroxylation sites is 1. The van der Waals surface area contributed by atoms with Crippen molar-refractivity contribution in [1.29, 1.82) is 0 Å². The zero-order valence-electron chi connectivity index (χ0n) is 8.56. The SMILES string of the molecule is Cc1cccc(OB(O)O)c1N(C)C. The minimum atomic E-state index is -1.78. The Morgan fingerprint density at radius 1 is 1.29 bits per heavy atom. The van der Waals surface area contributed by atoms with Crippen molar-refractivity contribution in [3.63, 3.8) is 0 Å². The Bertz CT molecular complexity index is 315. The molecule has 0 saturated carbocycles. The average molecular weight is 195 g/mol. The van der Waals surface area contributed by atoms with Gasteiger partial charge in [0.1, 0.15) is 5.75 Å². The second-order valence-electron chi connectivity index (χ2n) is 3.26. The number of nitrogens with zero attached hydrogens (tertiary/aromatic N) is 1. The summed E-state index contributed by atoms with van der Waals surface area (Å²) < 4.78 is 4.86. The first kappa shape index (κ1) is 10.9. The molecule has 0 radical (unpaired) electrons. The van der Waals surface area contributed by atoms with E-state index in [9.17, 15) is 0 Å². The molecule has 0 unspecified atom stereocenters. The molecule has 0 amide bonds. The third kappa shape index (κ3) is 2.40. The molecule has 0 bridgehead atoms. The Morgan fingerprint density at radius 3 is 2.43 bits per heavy atom. The van der Waals surface area contributed by atoms with E-state index in [0.717, 1.165) is 11.3 Å². The van der Waals surface area contributed by atoms with E-state index < -0.39 is 7.32 Å². The lowest BCUT2D eigenvalue weighted by atomic mass is 10.1. The first-order valence-corrected chi connectivity index (χ1v) is 4.32. The lowest BCUT2D eigenvalue weighted by molar-refractivity contribution is 0.288. The van der Waals surface area contributed by atoms with Crippen LogP contribution in [0.15, 0.2) is 18.2 Å². The van der Waals surface area contributed by atoms with E-state index in [0.29, 0.717) is 5.75 Å². The quantitative estimate of drug-likeness (QED) is 0.685. The van der Waals surface area contributed by atoms with Crippen LogP contribution >= 0.6 is 0 Å². The molecule has 0 heterocycles. The molecule has 1 aromatic rings. The number of rotatable bonds is 3. The maximum Gasteiger partial charge on any atom is 0.707 e. The van der Waals surface area contributed by atoms with Gasteiger partial charge in [0.25, 0.3) is 0 Å². The first-order chi connectivity index (χ1) is 6.52. The van der Waals surface area contributed by atoms with E-state index in [1.165, 1.54) is 0 Å². The molecule has 1 rings (SSSR count). The Balaban J connectivity index is 3.08. The van der Waals surface area contributed by atoms with Gasteiger partial charge in [-0.2, -0.15) is 0 Å². The maximum atomic E-state index is 8.72. The van der Waals surface area contributed by atoms with Gasteiger partial charge in [-0.25, -0.2) is 0 Å². The highest BCUT2D eigenvalue weighted by Gasteiger charge is 2.16. The van der Waals surface area contributed by atoms with Crippen molar-refractivity contribution >= 4 is 13.0 Å². The molecule has 1 aromatic carbocycles. The van der Waals surface area contributed by atoms with E-state index in [1.807, 2.05) is 32.0 Å². The van der Waals surface area contributed by atoms with Gasteiger partial charge >= 0.3 is 7.32 Å². The molecule has 0 atom stereocenters. The topological polar surface area (TPSA) is 52.9 Å². The van der Waals surface area contributed by atoms with Crippen LogP contribution in [0.4, 0.5) is 5.69 Å². The van der Waals surface area contributed by atoms with Crippen molar-refractivity contribution in [2.24, 2.45) is 0 Å². The summed E-state index contributed by atoms with van der Waals surface area (Å²) in [6.07, 6.45) is 0. The Labute approximate surface area is 83.9 Å². The van der Waals surface area contributed by atoms with E-state index in [2.05, 4.69) is 0 Å². The van der Waals surface area contributed by atoms with E-state index >= 15 is 0 Å². The van der Waals surface area contributed by atoms with Crippen molar-refractivity contribution in [3.8, 4) is 5.75 Å². The third-order valence-corrected chi connectivity index (χ3v) is 1.88. The Morgan fingerprint density at radius 2 is 1.93 bits per heavy atom. The van der Waals surface area contributed by atoms with Crippen LogP contribution in [0.3, 0.4) is 0 Å². The zero-order chi connectivity index (χ0) is 10.7. The van der Waals surface area contributed by atoms with Crippen molar-refractivity contribution in [2.75, 3.05) is 19.0 Å². The summed E-state index contributed by atoms with van der Waals surface area (Å²) in [6, 6.07) is 5.44. The summed E-state index contributed by atoms with van der Waals surface area (Å²) in [5.41, 5.74) is 1.87. The van der Waals surface area contributed by atoms with Gasteiger partial charge in [-0.05, 0) is 18.6 Å². The van der Waals surface area contributed by atoms with Crippen molar-refractivity contribution in [2.45, 2.75) is 6.92 Å². The number of anilines is 1. The zero-order valence-corrected chi connectivity index (χ0v) is 8.56. The van der Waals surface area contributed by atoms with Gasteiger partial charge in [0.05, 0.1) is 5.69 Å². The van der Waals surface area contributed by atoms with Gasteiger partial charge in [-0.3, -0.25) is 0 Å². The molecule has 0 aromatic heterocycles. The summed E-state index contributed by atoms with van der Waals surface area (Å²) in [7, 11) is 1.97. The predicted molar refractivity (Wildman–Crippen MR) is 56.3 cm³/mol. The van der Waals surface area contributed by atoms with Gasteiger partial charge < -0.3 is 19.6 Å². The smallest absolute Gasteiger partial charge is 0.510 e. The molecule has 0 aliphatic rings. The molecule has 0 aliphatic carbocycles. The van der Waals surface area contributed by atoms with Crippen LogP contribution in [-0.4, -0.2) is 31.5 Å². The summed E-state index contributed by atoms with van der Waals surface area (Å²) in [5.74, 6) is 0.463. The van der Waals surface area contributed by atoms with Crippen molar-refractivity contribution in [3.05, 3.63) is 23.8 Å². The van der Waals surface area contributed by atoms with Gasteiger partial charge in [-0.15, -0.1) is 0 Å². The highest BCUT2D eigenvalue weighted by Crippen LogP contribution is 2.30. The fourth-order valence-corrected chi connectivity index (χ4v) is 1.41. The molecular weight excluding hydrogens is 181 g/mol. The number of benzene rings is 1. The second-order valence-corrected chi connectivity index (χ2v) is 3.26. The van der Waals surface area contributed by atoms with E-state index in [4.69, 9.17) is 14.7 Å². The minimum absolute atomic E-state index is 0.463. The van der Waals surface area contributed by atoms with Gasteiger partial charge in [-0.1, -0.05) is 12.1 Å². The van der Waals surface area contributed by atoms with E-state index in [-0.39, 0.29) is 0 Å². The summed E-state index contributed by atoms with van der Waals surface area (Å²) in [4.78, 5) is 1.87. The van der Waals surface area contributed by atoms with Crippen LogP contribution in [0.2, 0.25) is 0 Å². The number of aryl methyl sites for hydroxylation is 1. The van der Waals surface area contributed by atoms with Crippen molar-refractivity contribution < 1.29 is 14.7 Å². The molecule has 76 valence electrons. The maximum absolute atomic E-state index is 8.72. The van der Waals surface area contributed by atoms with E-state index in [1.54, 1.807) is 12.1 Å². The highest BCUT2D eigenvalue weighted by molar-refractivity contribution is 6.34. The highest BCUT2D eigenvalue weighted by atomic mass is 16.6. The fraction of sp³-hybridized carbons (Fsp3) is 0.333. The summed E-state index contributed by atoms with van der Waals surface area (Å²) in [6.45, 7) is 1.94. The van der Waals surface area contributed by atoms with Crippen LogP contribution in [0.25, 0.3) is 0 Å². The molecule has 2 N–H and O–H groups in total. The third-order valence-electron chi connectivity index (χ3n) is 1.88. The normalized spacial score (nSPS) is 9.79. The predicted octanol–water partition coefficient (Wildman–Crippen LogP) is 0.409. The van der Waals surface area contributed by atoms with Crippen LogP contribution in [0, 0.1) is 6.92 Å². The summed E-state index contributed by atoms with van der Waals surface area (Å²) in [5, 5.41) is 17.4. The number of hydrogen-bond acceptors (Lipinski definition) is 4. The molecule has 0 fully saturated rings. The Kier molecular flexibility index (Phi) is 3.38. The molecule has 0 spiro atoms. The van der Waals surface area contributed by atoms with Gasteiger partial charge in [0.15, 0.2) is 0 Å². The van der Waals surface area contributed by atoms with Gasteiger partial charge in [0, 0.05) is 14.1 Å². The number of hydrogen-bond donors (Lipinski definition) is 2. The largest absolute Gasteiger partial charge is 0.707 e. The molecule has 5 heteroatoms. The van der Waals surface area contributed by atoms with Crippen LogP contribution in [0.5, 0.6) is 5.75 Å². The summed E-state index contributed by atoms with van der Waals surface area (Å²) >= 11 is 0. The molecule has 4 nitrogen and oxygen atoms in total. The monoisotopic (exact) mass is 195 g/mol. The average Bonchev–Trinajstić information content (AvgIpc) is 2.01. The lowest BCUT2D eigenvalue weighted by Crippen LogP contribution is -2.22. The molecular formula is C9H14BNO3. The second kappa shape index (κ2) is 4.35. The van der Waals surface area contributed by atoms with Crippen LogP contribution < -0.4 is 9.55 Å². The molecule has 0 aliphatic heterocycles. The van der Waals surface area contributed by atoms with Gasteiger partial charge in [0.2, 0.25) is 0 Å². The minimum Gasteiger partial charge on any atom is -0.510 e. The molecule has 0 saturated heterocycles. The van der Waals surface area contributed by atoms with Crippen LogP contribution in [-0.2, 0) is 0 Å². The first-order valence-electron chi connectivity index (χ1n) is 4.32. The lowest BCUT2D eigenvalue weighted by Gasteiger charge is -2.20.